The number of aryl methyl sites for hydroxylation is 1. The Hall–Kier alpha value is -2.67. The number of aromatic hydroxyl groups is 1. The standard InChI is InChI=1S/C17H14FNO4S/c1-8-3-10(7-24-8)17(23)19-9(2)11(5-16(21)22)12-4-15(20)13(18)6-14(12)19/h3-4,6-7,20H,5H2,1-2H3,(H,21,22). The number of carboxylic acids is 1. The summed E-state index contributed by atoms with van der Waals surface area (Å²) in [4.78, 5) is 24.9. The van der Waals surface area contributed by atoms with Gasteiger partial charge in [0, 0.05) is 27.4 Å². The fraction of sp³-hybridized carbons (Fsp3) is 0.176. The molecule has 24 heavy (non-hydrogen) atoms. The van der Waals surface area contributed by atoms with Gasteiger partial charge in [-0.2, -0.15) is 0 Å². The number of phenols is 1. The molecule has 0 aliphatic heterocycles. The SMILES string of the molecule is Cc1cc(C(=O)n2c(C)c(CC(=O)O)c3cc(O)c(F)cc32)cs1. The first kappa shape index (κ1) is 16.2. The fourth-order valence-electron chi connectivity index (χ4n) is 2.81. The van der Waals surface area contributed by atoms with Crippen LogP contribution in [0.1, 0.15) is 26.5 Å². The van der Waals surface area contributed by atoms with Crippen molar-refractivity contribution in [2.24, 2.45) is 0 Å². The molecular weight excluding hydrogens is 333 g/mol. The molecule has 5 nitrogen and oxygen atoms in total. The van der Waals surface area contributed by atoms with E-state index in [2.05, 4.69) is 0 Å². The van der Waals surface area contributed by atoms with E-state index in [1.165, 1.54) is 22.0 Å². The quantitative estimate of drug-likeness (QED) is 0.760. The first-order chi connectivity index (χ1) is 11.3. The summed E-state index contributed by atoms with van der Waals surface area (Å²) in [7, 11) is 0. The van der Waals surface area contributed by atoms with Gasteiger partial charge >= 0.3 is 5.97 Å². The maximum Gasteiger partial charge on any atom is 0.307 e. The number of carboxylic acid groups (broad SMARTS) is 1. The number of hydrogen-bond donors (Lipinski definition) is 2. The molecule has 0 atom stereocenters. The van der Waals surface area contributed by atoms with E-state index in [1.807, 2.05) is 6.92 Å². The lowest BCUT2D eigenvalue weighted by molar-refractivity contribution is -0.136. The van der Waals surface area contributed by atoms with Gasteiger partial charge < -0.3 is 10.2 Å². The minimum Gasteiger partial charge on any atom is -0.505 e. The summed E-state index contributed by atoms with van der Waals surface area (Å²) in [6.07, 6.45) is -0.323. The molecule has 2 N–H and O–H groups in total. The van der Waals surface area contributed by atoms with Crippen LogP contribution in [0.3, 0.4) is 0 Å². The van der Waals surface area contributed by atoms with E-state index in [1.54, 1.807) is 18.4 Å². The van der Waals surface area contributed by atoms with Crippen LogP contribution in [0.4, 0.5) is 4.39 Å². The van der Waals surface area contributed by atoms with Gasteiger partial charge in [0.15, 0.2) is 11.6 Å². The van der Waals surface area contributed by atoms with E-state index in [9.17, 15) is 19.1 Å². The molecular formula is C17H14FNO4S. The Morgan fingerprint density at radius 2 is 1.96 bits per heavy atom. The summed E-state index contributed by atoms with van der Waals surface area (Å²) in [6, 6.07) is 3.95. The van der Waals surface area contributed by atoms with Crippen LogP contribution in [0.2, 0.25) is 0 Å². The van der Waals surface area contributed by atoms with Crippen molar-refractivity contribution in [3.8, 4) is 5.75 Å². The summed E-state index contributed by atoms with van der Waals surface area (Å²) in [6.45, 7) is 3.49. The highest BCUT2D eigenvalue weighted by atomic mass is 32.1. The summed E-state index contributed by atoms with van der Waals surface area (Å²) < 4.78 is 15.1. The summed E-state index contributed by atoms with van der Waals surface area (Å²) in [5, 5.41) is 20.8. The molecule has 0 spiro atoms. The minimum atomic E-state index is -1.07. The molecule has 0 aliphatic rings. The Bertz CT molecular complexity index is 986. The van der Waals surface area contributed by atoms with Gasteiger partial charge in [-0.05, 0) is 31.5 Å². The molecule has 0 radical (unpaired) electrons. The van der Waals surface area contributed by atoms with Crippen LogP contribution in [0.5, 0.6) is 5.75 Å². The number of benzene rings is 1. The zero-order valence-corrected chi connectivity index (χ0v) is 13.8. The number of aromatic nitrogens is 1. The van der Waals surface area contributed by atoms with Crippen LogP contribution in [0, 0.1) is 19.7 Å². The van der Waals surface area contributed by atoms with Gasteiger partial charge in [-0.25, -0.2) is 4.39 Å². The molecule has 0 fully saturated rings. The zero-order valence-electron chi connectivity index (χ0n) is 13.0. The third-order valence-electron chi connectivity index (χ3n) is 3.91. The van der Waals surface area contributed by atoms with E-state index in [4.69, 9.17) is 5.11 Å². The topological polar surface area (TPSA) is 79.5 Å². The van der Waals surface area contributed by atoms with E-state index in [-0.39, 0.29) is 17.8 Å². The van der Waals surface area contributed by atoms with E-state index >= 15 is 0 Å². The largest absolute Gasteiger partial charge is 0.505 e. The number of carbonyl (C=O) groups is 2. The van der Waals surface area contributed by atoms with Crippen molar-refractivity contribution < 1.29 is 24.2 Å². The number of phenolic OH excluding ortho intramolecular Hbond substituents is 1. The third kappa shape index (κ3) is 2.56. The number of nitrogens with zero attached hydrogens (tertiary/aromatic N) is 1. The van der Waals surface area contributed by atoms with Crippen molar-refractivity contribution in [3.05, 3.63) is 51.1 Å². The monoisotopic (exact) mass is 347 g/mol. The first-order valence-corrected chi connectivity index (χ1v) is 8.01. The van der Waals surface area contributed by atoms with Gasteiger partial charge in [0.1, 0.15) is 0 Å². The first-order valence-electron chi connectivity index (χ1n) is 7.13. The van der Waals surface area contributed by atoms with Crippen LogP contribution in [0.25, 0.3) is 10.9 Å². The second-order valence-electron chi connectivity index (χ2n) is 5.54. The van der Waals surface area contributed by atoms with Gasteiger partial charge in [0.2, 0.25) is 0 Å². The van der Waals surface area contributed by atoms with Crippen LogP contribution in [-0.4, -0.2) is 26.7 Å². The lowest BCUT2D eigenvalue weighted by Crippen LogP contribution is -2.13. The van der Waals surface area contributed by atoms with E-state index in [0.29, 0.717) is 22.2 Å². The van der Waals surface area contributed by atoms with Crippen LogP contribution >= 0.6 is 11.3 Å². The van der Waals surface area contributed by atoms with Crippen LogP contribution in [0.15, 0.2) is 23.6 Å². The highest BCUT2D eigenvalue weighted by Gasteiger charge is 2.23. The Kier molecular flexibility index (Phi) is 3.88. The Morgan fingerprint density at radius 3 is 2.54 bits per heavy atom. The Labute approximate surface area is 140 Å². The number of fused-ring (bicyclic) bond motifs is 1. The smallest absolute Gasteiger partial charge is 0.307 e. The van der Waals surface area contributed by atoms with Gasteiger partial charge in [-0.1, -0.05) is 0 Å². The lowest BCUT2D eigenvalue weighted by atomic mass is 10.1. The minimum absolute atomic E-state index is 0.243. The molecule has 1 aromatic carbocycles. The molecule has 0 bridgehead atoms. The molecule has 0 unspecified atom stereocenters. The molecule has 2 aromatic heterocycles. The second-order valence-corrected chi connectivity index (χ2v) is 6.66. The average molecular weight is 347 g/mol. The molecule has 3 rings (SSSR count). The lowest BCUT2D eigenvalue weighted by Gasteiger charge is -2.06. The summed E-state index contributed by atoms with van der Waals surface area (Å²) in [5.41, 5.74) is 1.50. The number of thiophene rings is 1. The molecule has 7 heteroatoms. The van der Waals surface area contributed by atoms with Crippen LogP contribution < -0.4 is 0 Å². The molecule has 124 valence electrons. The van der Waals surface area contributed by atoms with Gasteiger partial charge in [0.05, 0.1) is 17.5 Å². The number of carbonyl (C=O) groups excluding carboxylic acids is 1. The Balaban J connectivity index is 2.30. The molecule has 0 amide bonds. The summed E-state index contributed by atoms with van der Waals surface area (Å²) >= 11 is 1.42. The maximum atomic E-state index is 13.8. The van der Waals surface area contributed by atoms with Crippen LogP contribution in [-0.2, 0) is 11.2 Å². The van der Waals surface area contributed by atoms with E-state index in [0.717, 1.165) is 10.9 Å². The van der Waals surface area contributed by atoms with E-state index < -0.39 is 17.5 Å². The molecule has 2 heterocycles. The van der Waals surface area contributed by atoms with Gasteiger partial charge in [0.25, 0.3) is 5.91 Å². The highest BCUT2D eigenvalue weighted by molar-refractivity contribution is 7.10. The van der Waals surface area contributed by atoms with Gasteiger partial charge in [-0.3, -0.25) is 14.2 Å². The van der Waals surface area contributed by atoms with Crippen molar-refractivity contribution in [1.29, 1.82) is 0 Å². The van der Waals surface area contributed by atoms with Crippen molar-refractivity contribution in [2.45, 2.75) is 20.3 Å². The predicted octanol–water partition coefficient (Wildman–Crippen LogP) is 3.48. The summed E-state index contributed by atoms with van der Waals surface area (Å²) in [5.74, 6) is -2.87. The molecule has 0 saturated carbocycles. The molecule has 3 aromatic rings. The number of aliphatic carboxylic acids is 1. The van der Waals surface area contributed by atoms with Crippen molar-refractivity contribution in [2.75, 3.05) is 0 Å². The normalized spacial score (nSPS) is 11.1. The fourth-order valence-corrected chi connectivity index (χ4v) is 3.49. The molecule has 0 saturated heterocycles. The third-order valence-corrected chi connectivity index (χ3v) is 4.77. The predicted molar refractivity (Wildman–Crippen MR) is 88.4 cm³/mol. The number of hydrogen-bond acceptors (Lipinski definition) is 4. The molecule has 0 aliphatic carbocycles. The maximum absolute atomic E-state index is 13.8. The number of rotatable bonds is 3. The van der Waals surface area contributed by atoms with Crippen molar-refractivity contribution >= 4 is 34.1 Å². The average Bonchev–Trinajstić information content (AvgIpc) is 3.03. The van der Waals surface area contributed by atoms with Crippen molar-refractivity contribution in [1.82, 2.24) is 4.57 Å². The Morgan fingerprint density at radius 1 is 1.25 bits per heavy atom. The number of halogens is 1. The zero-order chi connectivity index (χ0) is 17.6. The highest BCUT2D eigenvalue weighted by Crippen LogP contribution is 2.32. The van der Waals surface area contributed by atoms with Gasteiger partial charge in [-0.15, -0.1) is 11.3 Å². The van der Waals surface area contributed by atoms with Crippen molar-refractivity contribution in [3.63, 3.8) is 0 Å². The second kappa shape index (κ2) is 5.76.